The lowest BCUT2D eigenvalue weighted by Crippen LogP contribution is -2.40. The molecule has 1 aromatic heterocycles. The van der Waals surface area contributed by atoms with Gasteiger partial charge in [0.2, 0.25) is 5.91 Å². The molecule has 2 atom stereocenters. The van der Waals surface area contributed by atoms with Gasteiger partial charge in [-0.05, 0) is 45.8 Å². The normalized spacial score (nSPS) is 22.5. The van der Waals surface area contributed by atoms with Crippen molar-refractivity contribution in [3.63, 3.8) is 0 Å². The van der Waals surface area contributed by atoms with E-state index in [-0.39, 0.29) is 11.8 Å². The van der Waals surface area contributed by atoms with Crippen molar-refractivity contribution in [2.75, 3.05) is 7.05 Å². The van der Waals surface area contributed by atoms with Gasteiger partial charge in [-0.3, -0.25) is 9.59 Å². The van der Waals surface area contributed by atoms with Crippen LogP contribution in [-0.4, -0.2) is 28.9 Å². The third-order valence-corrected chi connectivity index (χ3v) is 5.37. The Hall–Kier alpha value is -0.880. The van der Waals surface area contributed by atoms with Gasteiger partial charge in [0.15, 0.2) is 0 Å². The minimum atomic E-state index is -0.838. The predicted molar refractivity (Wildman–Crippen MR) is 81.6 cm³/mol. The lowest BCUT2D eigenvalue weighted by atomic mass is 9.78. The number of halogens is 1. The Labute approximate surface area is 130 Å². The summed E-state index contributed by atoms with van der Waals surface area (Å²) in [5.41, 5.74) is 1.07. The molecule has 0 radical (unpaired) electrons. The van der Waals surface area contributed by atoms with Crippen molar-refractivity contribution >= 4 is 39.1 Å². The van der Waals surface area contributed by atoms with Gasteiger partial charge >= 0.3 is 5.97 Å². The first kappa shape index (κ1) is 15.5. The number of amides is 1. The van der Waals surface area contributed by atoms with E-state index in [1.807, 2.05) is 11.4 Å². The van der Waals surface area contributed by atoms with Gasteiger partial charge < -0.3 is 10.0 Å². The molecule has 1 aliphatic carbocycles. The lowest BCUT2D eigenvalue weighted by Gasteiger charge is -2.30. The summed E-state index contributed by atoms with van der Waals surface area (Å²) >= 11 is 4.99. The van der Waals surface area contributed by atoms with Gasteiger partial charge in [-0.25, -0.2) is 0 Å². The monoisotopic (exact) mass is 359 g/mol. The fourth-order valence-electron chi connectivity index (χ4n) is 2.79. The first-order chi connectivity index (χ1) is 9.49. The molecular weight excluding hydrogens is 342 g/mol. The fourth-order valence-corrected chi connectivity index (χ4v) is 3.99. The van der Waals surface area contributed by atoms with E-state index in [2.05, 4.69) is 15.9 Å². The summed E-state index contributed by atoms with van der Waals surface area (Å²) in [5, 5.41) is 11.3. The molecule has 1 saturated carbocycles. The van der Waals surface area contributed by atoms with E-state index in [0.717, 1.165) is 22.2 Å². The zero-order chi connectivity index (χ0) is 14.7. The zero-order valence-electron chi connectivity index (χ0n) is 11.3. The summed E-state index contributed by atoms with van der Waals surface area (Å²) in [6, 6.07) is 1.99. The van der Waals surface area contributed by atoms with Crippen LogP contribution in [0.1, 0.15) is 31.2 Å². The standard InChI is InChI=1S/C14H18BrNO3S/c1-16(7-9-6-12(15)20-8-9)13(17)10-4-2-3-5-11(10)14(18)19/h6,8,10-11H,2-5,7H2,1H3,(H,18,19). The topological polar surface area (TPSA) is 57.6 Å². The Morgan fingerprint density at radius 2 is 2.05 bits per heavy atom. The second kappa shape index (κ2) is 6.72. The van der Waals surface area contributed by atoms with Gasteiger partial charge in [0.25, 0.3) is 0 Å². The Morgan fingerprint density at radius 3 is 2.60 bits per heavy atom. The molecule has 1 N–H and O–H groups in total. The SMILES string of the molecule is CN(Cc1csc(Br)c1)C(=O)C1CCCCC1C(=O)O. The van der Waals surface area contributed by atoms with Crippen molar-refractivity contribution in [2.24, 2.45) is 11.8 Å². The van der Waals surface area contributed by atoms with Crippen molar-refractivity contribution in [3.05, 3.63) is 20.8 Å². The molecule has 6 heteroatoms. The second-order valence-electron chi connectivity index (χ2n) is 5.29. The van der Waals surface area contributed by atoms with Gasteiger partial charge in [-0.2, -0.15) is 0 Å². The minimum absolute atomic E-state index is 0.0422. The summed E-state index contributed by atoms with van der Waals surface area (Å²) in [5.74, 6) is -1.77. The molecule has 20 heavy (non-hydrogen) atoms. The highest BCUT2D eigenvalue weighted by atomic mass is 79.9. The summed E-state index contributed by atoms with van der Waals surface area (Å²) in [6.07, 6.45) is 3.15. The molecule has 1 heterocycles. The molecule has 110 valence electrons. The van der Waals surface area contributed by atoms with Crippen LogP contribution in [0.25, 0.3) is 0 Å². The molecular formula is C14H18BrNO3S. The number of nitrogens with zero attached hydrogens (tertiary/aromatic N) is 1. The highest BCUT2D eigenvalue weighted by Crippen LogP contribution is 2.32. The van der Waals surface area contributed by atoms with Crippen molar-refractivity contribution in [1.29, 1.82) is 0 Å². The quantitative estimate of drug-likeness (QED) is 0.896. The molecule has 4 nitrogen and oxygen atoms in total. The highest BCUT2D eigenvalue weighted by molar-refractivity contribution is 9.11. The van der Waals surface area contributed by atoms with Crippen LogP contribution in [0.15, 0.2) is 15.2 Å². The van der Waals surface area contributed by atoms with E-state index in [9.17, 15) is 14.7 Å². The Bertz CT molecular complexity index is 502. The maximum absolute atomic E-state index is 12.5. The number of aliphatic carboxylic acids is 1. The molecule has 1 aliphatic rings. The molecule has 0 aromatic carbocycles. The van der Waals surface area contributed by atoms with E-state index in [1.165, 1.54) is 0 Å². The molecule has 1 amide bonds. The van der Waals surface area contributed by atoms with E-state index in [0.29, 0.717) is 19.4 Å². The maximum Gasteiger partial charge on any atom is 0.307 e. The summed E-state index contributed by atoms with van der Waals surface area (Å²) in [4.78, 5) is 25.4. The van der Waals surface area contributed by atoms with Gasteiger partial charge in [0.05, 0.1) is 15.6 Å². The molecule has 2 rings (SSSR count). The number of hydrogen-bond acceptors (Lipinski definition) is 3. The molecule has 0 bridgehead atoms. The Kier molecular flexibility index (Phi) is 5.21. The number of carbonyl (C=O) groups is 2. The van der Waals surface area contributed by atoms with Crippen LogP contribution in [0.4, 0.5) is 0 Å². The van der Waals surface area contributed by atoms with Crippen molar-refractivity contribution in [2.45, 2.75) is 32.2 Å². The number of rotatable bonds is 4. The van der Waals surface area contributed by atoms with Crippen LogP contribution in [0.5, 0.6) is 0 Å². The number of carboxylic acid groups (broad SMARTS) is 1. The molecule has 1 fully saturated rings. The number of hydrogen-bond donors (Lipinski definition) is 1. The van der Waals surface area contributed by atoms with Crippen LogP contribution in [0.2, 0.25) is 0 Å². The second-order valence-corrected chi connectivity index (χ2v) is 7.58. The maximum atomic E-state index is 12.5. The first-order valence-corrected chi connectivity index (χ1v) is 8.37. The van der Waals surface area contributed by atoms with E-state index >= 15 is 0 Å². The predicted octanol–water partition coefficient (Wildman–Crippen LogP) is 3.36. The van der Waals surface area contributed by atoms with Gasteiger partial charge in [0, 0.05) is 13.6 Å². The largest absolute Gasteiger partial charge is 0.481 e. The molecule has 1 aromatic rings. The lowest BCUT2D eigenvalue weighted by molar-refractivity contribution is -0.152. The molecule has 0 spiro atoms. The summed E-state index contributed by atoms with van der Waals surface area (Å²) in [6.45, 7) is 0.532. The molecule has 0 aliphatic heterocycles. The van der Waals surface area contributed by atoms with Gasteiger partial charge in [-0.1, -0.05) is 12.8 Å². The van der Waals surface area contributed by atoms with Crippen LogP contribution in [0.3, 0.4) is 0 Å². The zero-order valence-corrected chi connectivity index (χ0v) is 13.7. The average Bonchev–Trinajstić information content (AvgIpc) is 2.83. The van der Waals surface area contributed by atoms with Gasteiger partial charge in [0.1, 0.15) is 0 Å². The minimum Gasteiger partial charge on any atom is -0.481 e. The van der Waals surface area contributed by atoms with Crippen LogP contribution in [0, 0.1) is 11.8 Å². The third kappa shape index (κ3) is 3.61. The van der Waals surface area contributed by atoms with Gasteiger partial charge in [-0.15, -0.1) is 11.3 Å². The summed E-state index contributed by atoms with van der Waals surface area (Å²) < 4.78 is 1.04. The fraction of sp³-hybridized carbons (Fsp3) is 0.571. The highest BCUT2D eigenvalue weighted by Gasteiger charge is 2.37. The van der Waals surface area contributed by atoms with E-state index in [4.69, 9.17) is 0 Å². The molecule has 2 unspecified atom stereocenters. The third-order valence-electron chi connectivity index (χ3n) is 3.82. The Balaban J connectivity index is 2.02. The number of thiophene rings is 1. The Morgan fingerprint density at radius 1 is 1.40 bits per heavy atom. The van der Waals surface area contributed by atoms with Crippen molar-refractivity contribution in [1.82, 2.24) is 4.90 Å². The van der Waals surface area contributed by atoms with Crippen LogP contribution < -0.4 is 0 Å². The van der Waals surface area contributed by atoms with E-state index < -0.39 is 11.9 Å². The summed E-state index contributed by atoms with van der Waals surface area (Å²) in [7, 11) is 1.75. The smallest absolute Gasteiger partial charge is 0.307 e. The first-order valence-electron chi connectivity index (χ1n) is 6.69. The number of carboxylic acids is 1. The van der Waals surface area contributed by atoms with Crippen molar-refractivity contribution in [3.8, 4) is 0 Å². The molecule has 0 saturated heterocycles. The van der Waals surface area contributed by atoms with Crippen LogP contribution in [-0.2, 0) is 16.1 Å². The number of carbonyl (C=O) groups excluding carboxylic acids is 1. The average molecular weight is 360 g/mol. The van der Waals surface area contributed by atoms with Crippen molar-refractivity contribution < 1.29 is 14.7 Å². The van der Waals surface area contributed by atoms with Crippen LogP contribution >= 0.6 is 27.3 Å². The van der Waals surface area contributed by atoms with E-state index in [1.54, 1.807) is 23.3 Å².